The van der Waals surface area contributed by atoms with E-state index in [0.29, 0.717) is 23.7 Å². The van der Waals surface area contributed by atoms with Crippen LogP contribution < -0.4 is 10.1 Å². The SMILES string of the molecule is Cl.Clc1nccnc1OC[C@@H]1C[C@H]2C[C@H]2N1. The lowest BCUT2D eigenvalue weighted by Gasteiger charge is -2.13. The zero-order chi connectivity index (χ0) is 10.3. The molecule has 88 valence electrons. The third kappa shape index (κ3) is 2.39. The van der Waals surface area contributed by atoms with Crippen LogP contribution in [0.2, 0.25) is 5.15 Å². The number of nitrogens with zero attached hydrogens (tertiary/aromatic N) is 2. The summed E-state index contributed by atoms with van der Waals surface area (Å²) in [6, 6.07) is 1.20. The molecule has 1 saturated carbocycles. The summed E-state index contributed by atoms with van der Waals surface area (Å²) in [6.45, 7) is 0.630. The smallest absolute Gasteiger partial charge is 0.252 e. The van der Waals surface area contributed by atoms with E-state index in [1.165, 1.54) is 12.8 Å². The number of fused-ring (bicyclic) bond motifs is 1. The summed E-state index contributed by atoms with van der Waals surface area (Å²) in [6.07, 6.45) is 5.68. The van der Waals surface area contributed by atoms with E-state index in [1.54, 1.807) is 12.4 Å². The molecule has 1 aromatic rings. The molecule has 0 bridgehead atoms. The van der Waals surface area contributed by atoms with Crippen molar-refractivity contribution in [1.82, 2.24) is 15.3 Å². The van der Waals surface area contributed by atoms with Crippen LogP contribution in [0.1, 0.15) is 12.8 Å². The lowest BCUT2D eigenvalue weighted by molar-refractivity contribution is 0.258. The summed E-state index contributed by atoms with van der Waals surface area (Å²) in [7, 11) is 0. The van der Waals surface area contributed by atoms with Crippen LogP contribution in [-0.4, -0.2) is 28.7 Å². The Hall–Kier alpha value is -0.580. The van der Waals surface area contributed by atoms with Crippen LogP contribution in [0.3, 0.4) is 0 Å². The van der Waals surface area contributed by atoms with E-state index in [1.807, 2.05) is 0 Å². The second-order valence-electron chi connectivity index (χ2n) is 4.16. The molecule has 2 aliphatic rings. The summed E-state index contributed by atoms with van der Waals surface area (Å²) in [4.78, 5) is 7.93. The zero-order valence-electron chi connectivity index (χ0n) is 8.60. The average molecular weight is 262 g/mol. The Bertz CT molecular complexity index is 367. The quantitative estimate of drug-likeness (QED) is 0.900. The maximum atomic E-state index is 5.83. The van der Waals surface area contributed by atoms with Gasteiger partial charge in [-0.25, -0.2) is 9.97 Å². The predicted molar refractivity (Wildman–Crippen MR) is 63.2 cm³/mol. The largest absolute Gasteiger partial charge is 0.474 e. The highest BCUT2D eigenvalue weighted by molar-refractivity contribution is 6.30. The monoisotopic (exact) mass is 261 g/mol. The van der Waals surface area contributed by atoms with Crippen molar-refractivity contribution >= 4 is 24.0 Å². The van der Waals surface area contributed by atoms with Crippen molar-refractivity contribution in [3.05, 3.63) is 17.5 Å². The van der Waals surface area contributed by atoms with Gasteiger partial charge < -0.3 is 10.1 Å². The minimum Gasteiger partial charge on any atom is -0.474 e. The molecule has 16 heavy (non-hydrogen) atoms. The maximum Gasteiger partial charge on any atom is 0.252 e. The first kappa shape index (κ1) is 11.9. The highest BCUT2D eigenvalue weighted by Gasteiger charge is 2.45. The number of nitrogens with one attached hydrogen (secondary N) is 1. The van der Waals surface area contributed by atoms with Crippen molar-refractivity contribution in [1.29, 1.82) is 0 Å². The molecule has 0 aromatic carbocycles. The van der Waals surface area contributed by atoms with Gasteiger partial charge in [0.15, 0.2) is 5.15 Å². The first-order chi connectivity index (χ1) is 7.33. The minimum absolute atomic E-state index is 0. The van der Waals surface area contributed by atoms with E-state index in [0.717, 1.165) is 12.0 Å². The van der Waals surface area contributed by atoms with E-state index in [9.17, 15) is 0 Å². The summed E-state index contributed by atoms with van der Waals surface area (Å²) in [5.41, 5.74) is 0. The van der Waals surface area contributed by atoms with Crippen LogP contribution in [0, 0.1) is 5.92 Å². The van der Waals surface area contributed by atoms with Gasteiger partial charge in [0.1, 0.15) is 6.61 Å². The Labute approximate surface area is 105 Å². The van der Waals surface area contributed by atoms with Crippen LogP contribution >= 0.6 is 24.0 Å². The van der Waals surface area contributed by atoms with Crippen molar-refractivity contribution in [2.45, 2.75) is 24.9 Å². The second-order valence-corrected chi connectivity index (χ2v) is 4.52. The molecule has 1 saturated heterocycles. The van der Waals surface area contributed by atoms with Crippen molar-refractivity contribution in [2.75, 3.05) is 6.61 Å². The Morgan fingerprint density at radius 3 is 2.88 bits per heavy atom. The highest BCUT2D eigenvalue weighted by atomic mass is 35.5. The van der Waals surface area contributed by atoms with Crippen molar-refractivity contribution in [3.63, 3.8) is 0 Å². The van der Waals surface area contributed by atoms with Gasteiger partial charge in [-0.3, -0.25) is 0 Å². The minimum atomic E-state index is 0. The van der Waals surface area contributed by atoms with Gasteiger partial charge in [-0.2, -0.15) is 0 Å². The van der Waals surface area contributed by atoms with Gasteiger partial charge in [0.25, 0.3) is 5.88 Å². The van der Waals surface area contributed by atoms with Gasteiger partial charge in [0.2, 0.25) is 0 Å². The maximum absolute atomic E-state index is 5.83. The Morgan fingerprint density at radius 2 is 2.19 bits per heavy atom. The Kier molecular flexibility index (Phi) is 3.52. The summed E-state index contributed by atoms with van der Waals surface area (Å²) >= 11 is 5.83. The van der Waals surface area contributed by atoms with Gasteiger partial charge in [-0.05, 0) is 18.8 Å². The summed E-state index contributed by atoms with van der Waals surface area (Å²) in [5.74, 6) is 1.32. The molecule has 0 spiro atoms. The molecule has 0 unspecified atom stereocenters. The third-order valence-corrected chi connectivity index (χ3v) is 3.26. The molecule has 4 nitrogen and oxygen atoms in total. The fraction of sp³-hybridized carbons (Fsp3) is 0.600. The molecule has 0 radical (unpaired) electrons. The number of hydrogen-bond acceptors (Lipinski definition) is 4. The Balaban J connectivity index is 0.000000963. The molecule has 3 rings (SSSR count). The number of aromatic nitrogens is 2. The molecule has 1 aliphatic carbocycles. The molecular weight excluding hydrogens is 249 g/mol. The zero-order valence-corrected chi connectivity index (χ0v) is 10.2. The number of hydrogen-bond donors (Lipinski definition) is 1. The van der Waals surface area contributed by atoms with Crippen molar-refractivity contribution in [3.8, 4) is 5.88 Å². The van der Waals surface area contributed by atoms with E-state index < -0.39 is 0 Å². The second kappa shape index (κ2) is 4.73. The molecule has 1 aliphatic heterocycles. The summed E-state index contributed by atoms with van der Waals surface area (Å²) in [5, 5.41) is 3.84. The van der Waals surface area contributed by atoms with Crippen LogP contribution in [0.4, 0.5) is 0 Å². The summed E-state index contributed by atoms with van der Waals surface area (Å²) < 4.78 is 5.52. The van der Waals surface area contributed by atoms with Crippen molar-refractivity contribution < 1.29 is 4.74 Å². The predicted octanol–water partition coefficient (Wildman–Crippen LogP) is 1.68. The molecule has 1 N–H and O–H groups in total. The van der Waals surface area contributed by atoms with Gasteiger partial charge in [0.05, 0.1) is 0 Å². The molecule has 0 amide bonds. The van der Waals surface area contributed by atoms with Crippen molar-refractivity contribution in [2.24, 2.45) is 5.92 Å². The standard InChI is InChI=1S/C10H12ClN3O.ClH/c11-9-10(13-2-1-12-9)15-5-7-3-6-4-8(6)14-7;/h1-2,6-8,14H,3-5H2;1H/t6-,7-,8+;/m0./s1. The first-order valence-corrected chi connectivity index (χ1v) is 5.56. The number of rotatable bonds is 3. The van der Waals surface area contributed by atoms with E-state index in [2.05, 4.69) is 15.3 Å². The van der Waals surface area contributed by atoms with Crippen LogP contribution in [0.25, 0.3) is 0 Å². The van der Waals surface area contributed by atoms with Gasteiger partial charge >= 0.3 is 0 Å². The van der Waals surface area contributed by atoms with Gasteiger partial charge in [0, 0.05) is 24.5 Å². The van der Waals surface area contributed by atoms with Gasteiger partial charge in [-0.1, -0.05) is 11.6 Å². The first-order valence-electron chi connectivity index (χ1n) is 5.18. The molecule has 2 heterocycles. The number of ether oxygens (including phenoxy) is 1. The van der Waals surface area contributed by atoms with Crippen LogP contribution in [-0.2, 0) is 0 Å². The molecule has 6 heteroatoms. The van der Waals surface area contributed by atoms with E-state index in [4.69, 9.17) is 16.3 Å². The van der Waals surface area contributed by atoms with E-state index >= 15 is 0 Å². The molecule has 1 aromatic heterocycles. The normalized spacial score (nSPS) is 30.4. The number of piperidine rings is 1. The van der Waals surface area contributed by atoms with E-state index in [-0.39, 0.29) is 12.4 Å². The number of halogens is 2. The molecular formula is C10H13Cl2N3O. The van der Waals surface area contributed by atoms with Gasteiger partial charge in [-0.15, -0.1) is 12.4 Å². The Morgan fingerprint density at radius 1 is 1.38 bits per heavy atom. The highest BCUT2D eigenvalue weighted by Crippen LogP contribution is 2.40. The lowest BCUT2D eigenvalue weighted by atomic mass is 10.2. The lowest BCUT2D eigenvalue weighted by Crippen LogP contribution is -2.31. The average Bonchev–Trinajstić information content (AvgIpc) is 2.85. The van der Waals surface area contributed by atoms with Crippen LogP contribution in [0.5, 0.6) is 5.88 Å². The van der Waals surface area contributed by atoms with Crippen LogP contribution in [0.15, 0.2) is 12.4 Å². The topological polar surface area (TPSA) is 47.0 Å². The third-order valence-electron chi connectivity index (χ3n) is 3.00. The fourth-order valence-corrected chi connectivity index (χ4v) is 2.31. The fourth-order valence-electron chi connectivity index (χ4n) is 2.15. The molecule has 3 atom stereocenters. The molecule has 2 fully saturated rings.